The molecule has 0 aromatic heterocycles. The van der Waals surface area contributed by atoms with Crippen molar-refractivity contribution in [2.24, 2.45) is 11.1 Å². The van der Waals surface area contributed by atoms with E-state index in [2.05, 4.69) is 5.32 Å². The summed E-state index contributed by atoms with van der Waals surface area (Å²) in [5, 5.41) is 11.8. The van der Waals surface area contributed by atoms with Crippen LogP contribution in [0, 0.1) is 5.41 Å². The third kappa shape index (κ3) is 5.16. The van der Waals surface area contributed by atoms with Crippen molar-refractivity contribution >= 4 is 11.9 Å². The van der Waals surface area contributed by atoms with E-state index >= 15 is 0 Å². The lowest BCUT2D eigenvalue weighted by Gasteiger charge is -2.31. The fraction of sp³-hybridized carbons (Fsp3) is 0.846. The molecule has 1 amide bonds. The molecule has 1 atom stereocenters. The molecule has 110 valence electrons. The predicted molar refractivity (Wildman–Crippen MR) is 72.7 cm³/mol. The summed E-state index contributed by atoms with van der Waals surface area (Å²) in [6.45, 7) is 7.22. The number of carbonyl (C=O) groups is 2. The van der Waals surface area contributed by atoms with Crippen LogP contribution in [0.1, 0.15) is 33.6 Å². The highest BCUT2D eigenvalue weighted by Crippen LogP contribution is 2.19. The van der Waals surface area contributed by atoms with Crippen LogP contribution in [0.2, 0.25) is 0 Å². The van der Waals surface area contributed by atoms with Crippen LogP contribution < -0.4 is 11.1 Å². The summed E-state index contributed by atoms with van der Waals surface area (Å²) in [7, 11) is 0. The van der Waals surface area contributed by atoms with E-state index in [9.17, 15) is 9.59 Å². The molecule has 1 rings (SSSR count). The molecule has 1 aliphatic rings. The maximum Gasteiger partial charge on any atom is 0.326 e. The van der Waals surface area contributed by atoms with Crippen LogP contribution in [0.15, 0.2) is 0 Å². The first-order valence-electron chi connectivity index (χ1n) is 6.70. The molecule has 0 spiro atoms. The highest BCUT2D eigenvalue weighted by Gasteiger charge is 2.33. The topological polar surface area (TPSA) is 95.7 Å². The van der Waals surface area contributed by atoms with E-state index in [0.29, 0.717) is 0 Å². The molecule has 0 aromatic carbocycles. The standard InChI is InChI=1S/C13H25N3O3/c1-13(2,3)11(12(18)19)15-10(17)8-16-6-4-9(14)5-7-16/h9,11H,4-8,14H2,1-3H3,(H,15,17)(H,18,19)/t11-/m1/s1. The summed E-state index contributed by atoms with van der Waals surface area (Å²) >= 11 is 0. The van der Waals surface area contributed by atoms with E-state index < -0.39 is 17.4 Å². The smallest absolute Gasteiger partial charge is 0.326 e. The second kappa shape index (κ2) is 6.34. The minimum absolute atomic E-state index is 0.223. The maximum absolute atomic E-state index is 11.9. The highest BCUT2D eigenvalue weighted by molar-refractivity contribution is 5.85. The van der Waals surface area contributed by atoms with E-state index in [0.717, 1.165) is 25.9 Å². The Hall–Kier alpha value is -1.14. The molecule has 0 aromatic rings. The normalized spacial score (nSPS) is 20.0. The molecule has 4 N–H and O–H groups in total. The first-order chi connectivity index (χ1) is 8.70. The molecule has 1 heterocycles. The van der Waals surface area contributed by atoms with Crippen molar-refractivity contribution in [1.29, 1.82) is 0 Å². The molecule has 6 heteroatoms. The number of nitrogens with zero attached hydrogens (tertiary/aromatic N) is 1. The van der Waals surface area contributed by atoms with Gasteiger partial charge in [0.1, 0.15) is 6.04 Å². The number of hydrogen-bond donors (Lipinski definition) is 3. The van der Waals surface area contributed by atoms with Gasteiger partial charge in [-0.15, -0.1) is 0 Å². The number of piperidine rings is 1. The van der Waals surface area contributed by atoms with Crippen molar-refractivity contribution in [2.75, 3.05) is 19.6 Å². The van der Waals surface area contributed by atoms with Gasteiger partial charge in [-0.1, -0.05) is 20.8 Å². The maximum atomic E-state index is 11.9. The van der Waals surface area contributed by atoms with Crippen molar-refractivity contribution in [3.8, 4) is 0 Å². The van der Waals surface area contributed by atoms with Crippen LogP contribution in [-0.4, -0.2) is 53.6 Å². The van der Waals surface area contributed by atoms with Crippen LogP contribution in [0.5, 0.6) is 0 Å². The molecule has 0 radical (unpaired) electrons. The zero-order valence-electron chi connectivity index (χ0n) is 12.0. The molecule has 19 heavy (non-hydrogen) atoms. The Morgan fingerprint density at radius 3 is 2.32 bits per heavy atom. The summed E-state index contributed by atoms with van der Waals surface area (Å²) in [6, 6.07) is -0.646. The third-order valence-corrected chi connectivity index (χ3v) is 3.42. The second-order valence-corrected chi connectivity index (χ2v) is 6.32. The summed E-state index contributed by atoms with van der Waals surface area (Å²) in [4.78, 5) is 25.1. The van der Waals surface area contributed by atoms with Gasteiger partial charge in [-0.3, -0.25) is 9.69 Å². The average Bonchev–Trinajstić information content (AvgIpc) is 2.27. The van der Waals surface area contributed by atoms with Gasteiger partial charge in [0.2, 0.25) is 5.91 Å². The number of nitrogens with two attached hydrogens (primary N) is 1. The number of hydrogen-bond acceptors (Lipinski definition) is 4. The lowest BCUT2D eigenvalue weighted by molar-refractivity contribution is -0.145. The molecule has 6 nitrogen and oxygen atoms in total. The van der Waals surface area contributed by atoms with E-state index in [1.165, 1.54) is 0 Å². The summed E-state index contributed by atoms with van der Waals surface area (Å²) in [6.07, 6.45) is 1.77. The van der Waals surface area contributed by atoms with Gasteiger partial charge in [0.05, 0.1) is 6.54 Å². The largest absolute Gasteiger partial charge is 0.480 e. The van der Waals surface area contributed by atoms with Crippen molar-refractivity contribution in [3.63, 3.8) is 0 Å². The number of carboxylic acids is 1. The Balaban J connectivity index is 2.47. The Bertz CT molecular complexity index is 331. The van der Waals surface area contributed by atoms with Crippen LogP contribution in [-0.2, 0) is 9.59 Å². The van der Waals surface area contributed by atoms with E-state index in [1.807, 2.05) is 4.90 Å². The lowest BCUT2D eigenvalue weighted by atomic mass is 9.87. The van der Waals surface area contributed by atoms with E-state index in [-0.39, 0.29) is 18.5 Å². The number of nitrogens with one attached hydrogen (secondary N) is 1. The molecule has 1 saturated heterocycles. The van der Waals surface area contributed by atoms with Crippen LogP contribution in [0.3, 0.4) is 0 Å². The molecule has 0 bridgehead atoms. The Morgan fingerprint density at radius 1 is 1.37 bits per heavy atom. The van der Waals surface area contributed by atoms with Crippen LogP contribution in [0.4, 0.5) is 0 Å². The summed E-state index contributed by atoms with van der Waals surface area (Å²) in [5.41, 5.74) is 5.29. The molecule has 0 unspecified atom stereocenters. The van der Waals surface area contributed by atoms with Crippen molar-refractivity contribution in [3.05, 3.63) is 0 Å². The van der Waals surface area contributed by atoms with Crippen LogP contribution in [0.25, 0.3) is 0 Å². The zero-order valence-corrected chi connectivity index (χ0v) is 12.0. The van der Waals surface area contributed by atoms with E-state index in [1.54, 1.807) is 20.8 Å². The SMILES string of the molecule is CC(C)(C)[C@H](NC(=O)CN1CCC(N)CC1)C(=O)O. The zero-order chi connectivity index (χ0) is 14.6. The van der Waals surface area contributed by atoms with Gasteiger partial charge in [0.15, 0.2) is 0 Å². The molecule has 0 aliphatic carbocycles. The minimum Gasteiger partial charge on any atom is -0.480 e. The first kappa shape index (κ1) is 15.9. The number of rotatable bonds is 4. The second-order valence-electron chi connectivity index (χ2n) is 6.32. The highest BCUT2D eigenvalue weighted by atomic mass is 16.4. The van der Waals surface area contributed by atoms with Crippen molar-refractivity contribution in [1.82, 2.24) is 10.2 Å². The fourth-order valence-electron chi connectivity index (χ4n) is 2.17. The van der Waals surface area contributed by atoms with E-state index in [4.69, 9.17) is 10.8 Å². The molecular formula is C13H25N3O3. The summed E-state index contributed by atoms with van der Waals surface area (Å²) in [5.74, 6) is -1.24. The molecule has 0 saturated carbocycles. The summed E-state index contributed by atoms with van der Waals surface area (Å²) < 4.78 is 0. The van der Waals surface area contributed by atoms with Gasteiger partial charge in [-0.05, 0) is 18.3 Å². The number of carboxylic acid groups (broad SMARTS) is 1. The number of aliphatic carboxylic acids is 1. The monoisotopic (exact) mass is 271 g/mol. The van der Waals surface area contributed by atoms with Crippen LogP contribution >= 0.6 is 0 Å². The minimum atomic E-state index is -0.999. The van der Waals surface area contributed by atoms with Gasteiger partial charge in [0.25, 0.3) is 0 Å². The third-order valence-electron chi connectivity index (χ3n) is 3.42. The number of amides is 1. The number of carbonyl (C=O) groups excluding carboxylic acids is 1. The first-order valence-corrected chi connectivity index (χ1v) is 6.70. The molecule has 1 aliphatic heterocycles. The van der Waals surface area contributed by atoms with Gasteiger partial charge < -0.3 is 16.2 Å². The van der Waals surface area contributed by atoms with Crippen molar-refractivity contribution in [2.45, 2.75) is 45.7 Å². The molecular weight excluding hydrogens is 246 g/mol. The Morgan fingerprint density at radius 2 is 1.89 bits per heavy atom. The van der Waals surface area contributed by atoms with Gasteiger partial charge in [-0.2, -0.15) is 0 Å². The quantitative estimate of drug-likeness (QED) is 0.670. The van der Waals surface area contributed by atoms with Gasteiger partial charge in [-0.25, -0.2) is 4.79 Å². The van der Waals surface area contributed by atoms with Crippen molar-refractivity contribution < 1.29 is 14.7 Å². The van der Waals surface area contributed by atoms with Gasteiger partial charge in [0, 0.05) is 19.1 Å². The van der Waals surface area contributed by atoms with Gasteiger partial charge >= 0.3 is 5.97 Å². The lowest BCUT2D eigenvalue weighted by Crippen LogP contribution is -2.52. The Labute approximate surface area is 114 Å². The fourth-order valence-corrected chi connectivity index (χ4v) is 2.17. The molecule has 1 fully saturated rings. The number of likely N-dealkylation sites (tertiary alicyclic amines) is 1. The predicted octanol–water partition coefficient (Wildman–Crippen LogP) is 0.0250. The average molecular weight is 271 g/mol. The Kier molecular flexibility index (Phi) is 5.31.